The van der Waals surface area contributed by atoms with Crippen molar-refractivity contribution >= 4 is 39.0 Å². The highest BCUT2D eigenvalue weighted by Crippen LogP contribution is 2.23. The zero-order valence-corrected chi connectivity index (χ0v) is 16.0. The van der Waals surface area contributed by atoms with E-state index in [2.05, 4.69) is 36.2 Å². The smallest absolute Gasteiger partial charge is 0.290 e. The van der Waals surface area contributed by atoms with E-state index in [1.54, 1.807) is 32.2 Å². The van der Waals surface area contributed by atoms with Crippen LogP contribution in [0.3, 0.4) is 0 Å². The van der Waals surface area contributed by atoms with Crippen molar-refractivity contribution in [3.8, 4) is 5.75 Å². The average molecular weight is 410 g/mol. The lowest BCUT2D eigenvalue weighted by Crippen LogP contribution is -2.51. The van der Waals surface area contributed by atoms with Crippen molar-refractivity contribution in [3.63, 3.8) is 0 Å². The molecule has 0 spiro atoms. The molecule has 0 saturated heterocycles. The van der Waals surface area contributed by atoms with E-state index in [9.17, 15) is 4.79 Å². The van der Waals surface area contributed by atoms with E-state index in [0.29, 0.717) is 5.75 Å². The SMILES string of the molecule is CON=CC(C)(C)NC(=O)C(OC)Oc1ccc2ncc(Br)cc2c1. The number of fused-ring (bicyclic) bond motifs is 1. The molecule has 1 heterocycles. The minimum atomic E-state index is -1.10. The molecule has 1 aromatic carbocycles. The summed E-state index contributed by atoms with van der Waals surface area (Å²) in [6.07, 6.45) is 2.10. The third-order valence-electron chi connectivity index (χ3n) is 3.22. The van der Waals surface area contributed by atoms with Crippen LogP contribution in [0.1, 0.15) is 13.8 Å². The van der Waals surface area contributed by atoms with Crippen LogP contribution >= 0.6 is 15.9 Å². The van der Waals surface area contributed by atoms with E-state index >= 15 is 0 Å². The molecule has 0 fully saturated rings. The number of rotatable bonds is 7. The van der Waals surface area contributed by atoms with Gasteiger partial charge in [0.25, 0.3) is 12.2 Å². The molecule has 1 atom stereocenters. The highest BCUT2D eigenvalue weighted by Gasteiger charge is 2.26. The first-order chi connectivity index (χ1) is 11.8. The number of aromatic nitrogens is 1. The van der Waals surface area contributed by atoms with E-state index in [4.69, 9.17) is 9.47 Å². The normalized spacial score (nSPS) is 13.0. The van der Waals surface area contributed by atoms with Crippen LogP contribution in [0.25, 0.3) is 10.9 Å². The van der Waals surface area contributed by atoms with E-state index in [0.717, 1.165) is 15.4 Å². The van der Waals surface area contributed by atoms with Gasteiger partial charge < -0.3 is 19.6 Å². The molecule has 0 radical (unpaired) electrons. The molecule has 2 rings (SSSR count). The highest BCUT2D eigenvalue weighted by atomic mass is 79.9. The van der Waals surface area contributed by atoms with Crippen LogP contribution in [0.2, 0.25) is 0 Å². The molecule has 7 nitrogen and oxygen atoms in total. The highest BCUT2D eigenvalue weighted by molar-refractivity contribution is 9.10. The van der Waals surface area contributed by atoms with Crippen molar-refractivity contribution in [1.29, 1.82) is 0 Å². The monoisotopic (exact) mass is 409 g/mol. The quantitative estimate of drug-likeness (QED) is 0.431. The fourth-order valence-electron chi connectivity index (χ4n) is 2.08. The van der Waals surface area contributed by atoms with Gasteiger partial charge in [0.1, 0.15) is 12.9 Å². The number of nitrogens with zero attached hydrogens (tertiary/aromatic N) is 2. The van der Waals surface area contributed by atoms with Crippen LogP contribution < -0.4 is 10.1 Å². The summed E-state index contributed by atoms with van der Waals surface area (Å²) >= 11 is 3.38. The first kappa shape index (κ1) is 19.1. The second-order valence-electron chi connectivity index (χ2n) is 5.82. The van der Waals surface area contributed by atoms with Crippen LogP contribution in [-0.2, 0) is 14.4 Å². The fraction of sp³-hybridized carbons (Fsp3) is 0.353. The van der Waals surface area contributed by atoms with Crippen LogP contribution in [0, 0.1) is 0 Å². The van der Waals surface area contributed by atoms with Crippen molar-refractivity contribution in [2.45, 2.75) is 25.7 Å². The van der Waals surface area contributed by atoms with Crippen LogP contribution in [0.4, 0.5) is 0 Å². The molecule has 0 aliphatic heterocycles. The van der Waals surface area contributed by atoms with Crippen molar-refractivity contribution in [2.75, 3.05) is 14.2 Å². The molecule has 1 unspecified atom stereocenters. The number of carbonyl (C=O) groups is 1. The molecular formula is C17H20BrN3O4. The van der Waals surface area contributed by atoms with Crippen molar-refractivity contribution in [3.05, 3.63) is 34.9 Å². The van der Waals surface area contributed by atoms with Gasteiger partial charge in [0.15, 0.2) is 0 Å². The topological polar surface area (TPSA) is 82.0 Å². The number of amides is 1. The Bertz CT molecular complexity index is 780. The van der Waals surface area contributed by atoms with Crippen molar-refractivity contribution in [2.24, 2.45) is 5.16 Å². The summed E-state index contributed by atoms with van der Waals surface area (Å²) < 4.78 is 11.7. The zero-order chi connectivity index (χ0) is 18.4. The summed E-state index contributed by atoms with van der Waals surface area (Å²) in [6.45, 7) is 3.55. The van der Waals surface area contributed by atoms with E-state index in [1.807, 2.05) is 12.1 Å². The molecular weight excluding hydrogens is 390 g/mol. The maximum atomic E-state index is 12.4. The van der Waals surface area contributed by atoms with Crippen LogP contribution in [0.5, 0.6) is 5.75 Å². The van der Waals surface area contributed by atoms with Gasteiger partial charge in [-0.05, 0) is 54.0 Å². The summed E-state index contributed by atoms with van der Waals surface area (Å²) in [5.41, 5.74) is 0.108. The lowest BCUT2D eigenvalue weighted by atomic mass is 10.1. The number of hydrogen-bond donors (Lipinski definition) is 1. The number of pyridine rings is 1. The zero-order valence-electron chi connectivity index (χ0n) is 14.4. The number of benzene rings is 1. The number of methoxy groups -OCH3 is 1. The van der Waals surface area contributed by atoms with Crippen molar-refractivity contribution in [1.82, 2.24) is 10.3 Å². The molecule has 0 aliphatic rings. The minimum Gasteiger partial charge on any atom is -0.455 e. The third-order valence-corrected chi connectivity index (χ3v) is 3.65. The summed E-state index contributed by atoms with van der Waals surface area (Å²) in [5.74, 6) is 0.0697. The largest absolute Gasteiger partial charge is 0.455 e. The number of hydrogen-bond acceptors (Lipinski definition) is 6. The Kier molecular flexibility index (Phi) is 6.33. The lowest BCUT2D eigenvalue weighted by Gasteiger charge is -2.24. The molecule has 2 aromatic rings. The molecule has 8 heteroatoms. The number of oxime groups is 1. The van der Waals surface area contributed by atoms with Gasteiger partial charge in [0.2, 0.25) is 0 Å². The Balaban J connectivity index is 2.13. The number of carbonyl (C=O) groups excluding carboxylic acids is 1. The summed E-state index contributed by atoms with van der Waals surface area (Å²) in [4.78, 5) is 21.3. The minimum absolute atomic E-state index is 0.428. The van der Waals surface area contributed by atoms with Gasteiger partial charge in [0, 0.05) is 23.2 Å². The average Bonchev–Trinajstić information content (AvgIpc) is 2.57. The lowest BCUT2D eigenvalue weighted by molar-refractivity contribution is -0.149. The predicted octanol–water partition coefficient (Wildman–Crippen LogP) is 2.88. The molecule has 1 aromatic heterocycles. The third kappa shape index (κ3) is 5.40. The molecule has 25 heavy (non-hydrogen) atoms. The second-order valence-corrected chi connectivity index (χ2v) is 6.74. The second kappa shape index (κ2) is 8.26. The summed E-state index contributed by atoms with van der Waals surface area (Å²) in [6, 6.07) is 7.27. The Morgan fingerprint density at radius 1 is 1.36 bits per heavy atom. The number of ether oxygens (including phenoxy) is 2. The molecule has 1 N–H and O–H groups in total. The Morgan fingerprint density at radius 2 is 2.12 bits per heavy atom. The van der Waals surface area contributed by atoms with Gasteiger partial charge >= 0.3 is 0 Å². The maximum Gasteiger partial charge on any atom is 0.290 e. The standard InChI is InChI=1S/C17H20BrN3O4/c1-17(2,10-20-24-4)21-15(22)16(23-3)25-13-5-6-14-11(8-13)7-12(18)9-19-14/h5-10,16H,1-4H3,(H,21,22). The van der Waals surface area contributed by atoms with Crippen LogP contribution in [-0.4, -0.2) is 43.2 Å². The summed E-state index contributed by atoms with van der Waals surface area (Å²) in [5, 5.41) is 7.33. The molecule has 1 amide bonds. The van der Waals surface area contributed by atoms with Gasteiger partial charge in [-0.2, -0.15) is 0 Å². The Morgan fingerprint density at radius 3 is 2.80 bits per heavy atom. The van der Waals surface area contributed by atoms with Gasteiger partial charge in [-0.15, -0.1) is 0 Å². The first-order valence-electron chi connectivity index (χ1n) is 7.49. The van der Waals surface area contributed by atoms with E-state index in [-0.39, 0.29) is 0 Å². The number of nitrogens with one attached hydrogen (secondary N) is 1. The molecule has 0 aliphatic carbocycles. The van der Waals surface area contributed by atoms with Gasteiger partial charge in [-0.3, -0.25) is 9.78 Å². The van der Waals surface area contributed by atoms with Crippen LogP contribution in [0.15, 0.2) is 40.1 Å². The van der Waals surface area contributed by atoms with Gasteiger partial charge in [-0.25, -0.2) is 0 Å². The van der Waals surface area contributed by atoms with E-state index < -0.39 is 17.7 Å². The molecule has 0 saturated carbocycles. The Hall–Kier alpha value is -2.19. The summed E-state index contributed by atoms with van der Waals surface area (Å²) in [7, 11) is 2.84. The maximum absolute atomic E-state index is 12.4. The van der Waals surface area contributed by atoms with Gasteiger partial charge in [-0.1, -0.05) is 5.16 Å². The molecule has 134 valence electrons. The number of halogens is 1. The Labute approximate surface area is 154 Å². The van der Waals surface area contributed by atoms with Crippen molar-refractivity contribution < 1.29 is 19.1 Å². The van der Waals surface area contributed by atoms with Gasteiger partial charge in [0.05, 0.1) is 17.3 Å². The predicted molar refractivity (Wildman–Crippen MR) is 98.6 cm³/mol. The molecule has 0 bridgehead atoms. The first-order valence-corrected chi connectivity index (χ1v) is 8.28. The van der Waals surface area contributed by atoms with E-state index in [1.165, 1.54) is 20.4 Å². The fourth-order valence-corrected chi connectivity index (χ4v) is 2.43.